The highest BCUT2D eigenvalue weighted by molar-refractivity contribution is 7.98. The Balaban J connectivity index is 1.37. The summed E-state index contributed by atoms with van der Waals surface area (Å²) in [6.07, 6.45) is 0.591. The van der Waals surface area contributed by atoms with Gasteiger partial charge in [-0.25, -0.2) is 4.39 Å². The zero-order valence-electron chi connectivity index (χ0n) is 14.2. The first-order valence-corrected chi connectivity index (χ1v) is 9.78. The van der Waals surface area contributed by atoms with Crippen molar-refractivity contribution in [2.24, 2.45) is 0 Å². The van der Waals surface area contributed by atoms with Crippen molar-refractivity contribution in [1.29, 1.82) is 0 Å². The number of nitrogens with zero attached hydrogens (tertiary/aromatic N) is 2. The summed E-state index contributed by atoms with van der Waals surface area (Å²) in [4.78, 5) is 16.5. The monoisotopic (exact) mass is 358 g/mol. The maximum Gasteiger partial charge on any atom is 0.223 e. The Hall–Kier alpha value is -2.01. The van der Waals surface area contributed by atoms with Crippen LogP contribution < -0.4 is 4.90 Å². The molecule has 1 aliphatic heterocycles. The highest BCUT2D eigenvalue weighted by Gasteiger charge is 2.20. The van der Waals surface area contributed by atoms with Crippen molar-refractivity contribution < 1.29 is 9.18 Å². The molecule has 3 rings (SSSR count). The third-order valence-electron chi connectivity index (χ3n) is 4.40. The lowest BCUT2D eigenvalue weighted by Gasteiger charge is -2.36. The Morgan fingerprint density at radius 2 is 1.64 bits per heavy atom. The minimum Gasteiger partial charge on any atom is -0.368 e. The summed E-state index contributed by atoms with van der Waals surface area (Å²) < 4.78 is 13.0. The Morgan fingerprint density at radius 3 is 2.32 bits per heavy atom. The van der Waals surface area contributed by atoms with Crippen molar-refractivity contribution in [3.63, 3.8) is 0 Å². The molecule has 5 heteroatoms. The topological polar surface area (TPSA) is 23.6 Å². The number of hydrogen-bond acceptors (Lipinski definition) is 3. The van der Waals surface area contributed by atoms with Crippen molar-refractivity contribution in [2.45, 2.75) is 12.2 Å². The van der Waals surface area contributed by atoms with E-state index in [9.17, 15) is 9.18 Å². The minimum absolute atomic E-state index is 0.217. The van der Waals surface area contributed by atoms with Gasteiger partial charge in [0.15, 0.2) is 0 Å². The van der Waals surface area contributed by atoms with Gasteiger partial charge < -0.3 is 9.80 Å². The molecule has 2 aromatic rings. The van der Waals surface area contributed by atoms with Crippen molar-refractivity contribution in [2.75, 3.05) is 36.8 Å². The van der Waals surface area contributed by atoms with Gasteiger partial charge in [0.2, 0.25) is 5.91 Å². The molecule has 0 aromatic heterocycles. The molecule has 0 unspecified atom stereocenters. The molecule has 2 aromatic carbocycles. The smallest absolute Gasteiger partial charge is 0.223 e. The van der Waals surface area contributed by atoms with E-state index in [2.05, 4.69) is 17.0 Å². The van der Waals surface area contributed by atoms with E-state index in [1.165, 1.54) is 17.7 Å². The van der Waals surface area contributed by atoms with Crippen LogP contribution in [0.4, 0.5) is 10.1 Å². The van der Waals surface area contributed by atoms with Crippen LogP contribution in [0.5, 0.6) is 0 Å². The Labute approximate surface area is 152 Å². The van der Waals surface area contributed by atoms with E-state index in [1.54, 1.807) is 23.9 Å². The van der Waals surface area contributed by atoms with Crippen molar-refractivity contribution >= 4 is 23.4 Å². The van der Waals surface area contributed by atoms with Crippen molar-refractivity contribution in [3.8, 4) is 0 Å². The molecule has 3 nitrogen and oxygen atoms in total. The van der Waals surface area contributed by atoms with Gasteiger partial charge in [-0.1, -0.05) is 30.3 Å². The van der Waals surface area contributed by atoms with Gasteiger partial charge in [0.1, 0.15) is 5.82 Å². The lowest BCUT2D eigenvalue weighted by Crippen LogP contribution is -2.48. The number of hydrogen-bond donors (Lipinski definition) is 0. The van der Waals surface area contributed by atoms with Crippen LogP contribution in [0.15, 0.2) is 54.6 Å². The first-order chi connectivity index (χ1) is 12.2. The summed E-state index contributed by atoms with van der Waals surface area (Å²) in [7, 11) is 0. The first-order valence-electron chi connectivity index (χ1n) is 8.62. The average Bonchev–Trinajstić information content (AvgIpc) is 2.67. The van der Waals surface area contributed by atoms with Gasteiger partial charge in [0.25, 0.3) is 0 Å². The molecule has 0 bridgehead atoms. The van der Waals surface area contributed by atoms with Crippen LogP contribution in [0, 0.1) is 5.82 Å². The lowest BCUT2D eigenvalue weighted by molar-refractivity contribution is -0.131. The van der Waals surface area contributed by atoms with Crippen molar-refractivity contribution in [3.05, 3.63) is 66.0 Å². The number of thioether (sulfide) groups is 1. The number of rotatable bonds is 6. The summed E-state index contributed by atoms with van der Waals surface area (Å²) in [6, 6.07) is 16.9. The Morgan fingerprint density at radius 1 is 0.960 bits per heavy atom. The van der Waals surface area contributed by atoms with Crippen LogP contribution in [-0.4, -0.2) is 42.7 Å². The third-order valence-corrected chi connectivity index (χ3v) is 5.43. The summed E-state index contributed by atoms with van der Waals surface area (Å²) >= 11 is 1.80. The van der Waals surface area contributed by atoms with E-state index in [0.29, 0.717) is 6.42 Å². The fraction of sp³-hybridized carbons (Fsp3) is 0.350. The van der Waals surface area contributed by atoms with E-state index in [1.807, 2.05) is 23.1 Å². The van der Waals surface area contributed by atoms with Gasteiger partial charge in [-0.2, -0.15) is 11.8 Å². The van der Waals surface area contributed by atoms with Crippen LogP contribution in [-0.2, 0) is 10.5 Å². The molecule has 0 N–H and O–H groups in total. The number of piperazine rings is 1. The SMILES string of the molecule is O=C(CCSCc1ccccc1)N1CCN(c2ccc(F)cc2)CC1. The number of anilines is 1. The van der Waals surface area contributed by atoms with Crippen LogP contribution in [0.25, 0.3) is 0 Å². The third kappa shape index (κ3) is 5.23. The van der Waals surface area contributed by atoms with Gasteiger partial charge in [0, 0.05) is 49.8 Å². The molecule has 1 amide bonds. The summed E-state index contributed by atoms with van der Waals surface area (Å²) in [5, 5.41) is 0. The maximum atomic E-state index is 13.0. The number of amides is 1. The van der Waals surface area contributed by atoms with Crippen LogP contribution in [0.3, 0.4) is 0 Å². The summed E-state index contributed by atoms with van der Waals surface area (Å²) in [5.74, 6) is 1.82. The minimum atomic E-state index is -0.217. The summed E-state index contributed by atoms with van der Waals surface area (Å²) in [5.41, 5.74) is 2.32. The zero-order valence-corrected chi connectivity index (χ0v) is 15.1. The Bertz CT molecular complexity index is 670. The summed E-state index contributed by atoms with van der Waals surface area (Å²) in [6.45, 7) is 3.07. The van der Waals surface area contributed by atoms with Crippen LogP contribution >= 0.6 is 11.8 Å². The Kier molecular flexibility index (Phi) is 6.34. The highest BCUT2D eigenvalue weighted by atomic mass is 32.2. The normalized spacial score (nSPS) is 14.6. The number of carbonyl (C=O) groups is 1. The molecule has 1 saturated heterocycles. The molecule has 132 valence electrons. The molecular formula is C20H23FN2OS. The van der Waals surface area contributed by atoms with Gasteiger partial charge in [-0.05, 0) is 29.8 Å². The molecule has 0 saturated carbocycles. The quantitative estimate of drug-likeness (QED) is 0.734. The molecule has 1 fully saturated rings. The van der Waals surface area contributed by atoms with E-state index in [4.69, 9.17) is 0 Å². The van der Waals surface area contributed by atoms with E-state index >= 15 is 0 Å². The predicted octanol–water partition coefficient (Wildman–Crippen LogP) is 3.80. The zero-order chi connectivity index (χ0) is 17.5. The van der Waals surface area contributed by atoms with Gasteiger partial charge in [-0.3, -0.25) is 4.79 Å². The molecular weight excluding hydrogens is 335 g/mol. The fourth-order valence-corrected chi connectivity index (χ4v) is 3.84. The van der Waals surface area contributed by atoms with E-state index in [-0.39, 0.29) is 11.7 Å². The lowest BCUT2D eigenvalue weighted by atomic mass is 10.2. The van der Waals surface area contributed by atoms with Crippen LogP contribution in [0.2, 0.25) is 0 Å². The second-order valence-corrected chi connectivity index (χ2v) is 7.24. The van der Waals surface area contributed by atoms with Crippen molar-refractivity contribution in [1.82, 2.24) is 4.90 Å². The largest absolute Gasteiger partial charge is 0.368 e. The van der Waals surface area contributed by atoms with E-state index in [0.717, 1.165) is 43.4 Å². The average molecular weight is 358 g/mol. The fourth-order valence-electron chi connectivity index (χ4n) is 2.95. The van der Waals surface area contributed by atoms with Gasteiger partial charge >= 0.3 is 0 Å². The molecule has 0 radical (unpaired) electrons. The molecule has 1 aliphatic rings. The second-order valence-electron chi connectivity index (χ2n) is 6.13. The predicted molar refractivity (Wildman–Crippen MR) is 102 cm³/mol. The standard InChI is InChI=1S/C20H23FN2OS/c21-18-6-8-19(9-7-18)22-11-13-23(14-12-22)20(24)10-15-25-16-17-4-2-1-3-5-17/h1-9H,10-16H2. The molecule has 25 heavy (non-hydrogen) atoms. The highest BCUT2D eigenvalue weighted by Crippen LogP contribution is 2.18. The maximum absolute atomic E-state index is 13.0. The van der Waals surface area contributed by atoms with E-state index < -0.39 is 0 Å². The van der Waals surface area contributed by atoms with Gasteiger partial charge in [-0.15, -0.1) is 0 Å². The molecule has 0 atom stereocenters. The van der Waals surface area contributed by atoms with Gasteiger partial charge in [0.05, 0.1) is 0 Å². The number of halogens is 1. The molecule has 1 heterocycles. The molecule has 0 aliphatic carbocycles. The second kappa shape index (κ2) is 8.90. The first kappa shape index (κ1) is 17.8. The van der Waals surface area contributed by atoms with Crippen LogP contribution in [0.1, 0.15) is 12.0 Å². The number of benzene rings is 2. The number of carbonyl (C=O) groups excluding carboxylic acids is 1. The molecule has 0 spiro atoms.